The normalized spacial score (nSPS) is 11.3. The summed E-state index contributed by atoms with van der Waals surface area (Å²) in [6.45, 7) is 4.36. The molecule has 0 unspecified atom stereocenters. The van der Waals surface area contributed by atoms with Crippen LogP contribution in [0.25, 0.3) is 0 Å². The van der Waals surface area contributed by atoms with Crippen LogP contribution >= 0.6 is 23.2 Å². The fourth-order valence-corrected chi connectivity index (χ4v) is 3.22. The summed E-state index contributed by atoms with van der Waals surface area (Å²) in [5.74, 6) is 0. The van der Waals surface area contributed by atoms with Crippen LogP contribution in [-0.4, -0.2) is 18.5 Å². The maximum atomic E-state index is 6.06. The average Bonchev–Trinajstić information content (AvgIpc) is 2.53. The number of hydrogen-bond acceptors (Lipinski definition) is 1. The highest BCUT2D eigenvalue weighted by Gasteiger charge is 2.03. The van der Waals surface area contributed by atoms with Crippen molar-refractivity contribution in [2.45, 2.75) is 77.7 Å². The number of benzene rings is 1. The molecule has 0 aliphatic rings. The highest BCUT2D eigenvalue weighted by molar-refractivity contribution is 6.42. The molecule has 0 radical (unpaired) electrons. The van der Waals surface area contributed by atoms with Crippen molar-refractivity contribution < 1.29 is 0 Å². The van der Waals surface area contributed by atoms with Crippen LogP contribution in [0.3, 0.4) is 0 Å². The summed E-state index contributed by atoms with van der Waals surface area (Å²) in [6, 6.07) is 5.91. The average molecular weight is 358 g/mol. The summed E-state index contributed by atoms with van der Waals surface area (Å²) >= 11 is 12.0. The van der Waals surface area contributed by atoms with Crippen LogP contribution in [0.1, 0.15) is 76.7 Å². The highest BCUT2D eigenvalue weighted by Crippen LogP contribution is 2.23. The second kappa shape index (κ2) is 13.1. The molecule has 23 heavy (non-hydrogen) atoms. The molecular weight excluding hydrogens is 325 g/mol. The molecule has 0 aliphatic carbocycles. The Kier molecular flexibility index (Phi) is 11.8. The lowest BCUT2D eigenvalue weighted by atomic mass is 10.1. The Balaban J connectivity index is 1.99. The van der Waals surface area contributed by atoms with E-state index in [0.29, 0.717) is 10.0 Å². The van der Waals surface area contributed by atoms with E-state index < -0.39 is 0 Å². The van der Waals surface area contributed by atoms with Gasteiger partial charge in [0.15, 0.2) is 0 Å². The summed E-state index contributed by atoms with van der Waals surface area (Å²) in [5, 5.41) is 1.28. The predicted octanol–water partition coefficient (Wildman–Crippen LogP) is 7.35. The second-order valence-electron chi connectivity index (χ2n) is 6.67. The summed E-state index contributed by atoms with van der Waals surface area (Å²) in [6.07, 6.45) is 13.9. The lowest BCUT2D eigenvalue weighted by Crippen LogP contribution is -2.19. The quantitative estimate of drug-likeness (QED) is 0.333. The summed E-state index contributed by atoms with van der Waals surface area (Å²) in [5.41, 5.74) is 1.23. The molecule has 0 fully saturated rings. The molecule has 0 aromatic heterocycles. The molecule has 0 atom stereocenters. The SMILES string of the molecule is CCCCCCCCCCCCN(C)Cc1ccc(Cl)c(Cl)c1. The molecule has 0 heterocycles. The van der Waals surface area contributed by atoms with Crippen LogP contribution < -0.4 is 0 Å². The molecule has 1 nitrogen and oxygen atoms in total. The summed E-state index contributed by atoms with van der Waals surface area (Å²) < 4.78 is 0. The Morgan fingerprint density at radius 3 is 1.91 bits per heavy atom. The maximum absolute atomic E-state index is 6.06. The molecule has 0 amide bonds. The van der Waals surface area contributed by atoms with Gasteiger partial charge in [0.2, 0.25) is 0 Å². The van der Waals surface area contributed by atoms with Crippen LogP contribution in [0, 0.1) is 0 Å². The number of hydrogen-bond donors (Lipinski definition) is 0. The fourth-order valence-electron chi connectivity index (χ4n) is 2.90. The van der Waals surface area contributed by atoms with Gasteiger partial charge < -0.3 is 4.90 Å². The van der Waals surface area contributed by atoms with Crippen molar-refractivity contribution in [2.75, 3.05) is 13.6 Å². The predicted molar refractivity (Wildman–Crippen MR) is 105 cm³/mol. The largest absolute Gasteiger partial charge is 0.302 e. The van der Waals surface area contributed by atoms with Crippen molar-refractivity contribution in [3.05, 3.63) is 33.8 Å². The third-order valence-corrected chi connectivity index (χ3v) is 5.07. The molecule has 3 heteroatoms. The Hall–Kier alpha value is -0.240. The summed E-state index contributed by atoms with van der Waals surface area (Å²) in [4.78, 5) is 2.37. The topological polar surface area (TPSA) is 3.24 Å². The molecule has 0 aliphatic heterocycles. The molecule has 0 spiro atoms. The molecule has 1 aromatic rings. The first kappa shape index (κ1) is 20.8. The van der Waals surface area contributed by atoms with Gasteiger partial charge in [-0.3, -0.25) is 0 Å². The Morgan fingerprint density at radius 2 is 1.35 bits per heavy atom. The fraction of sp³-hybridized carbons (Fsp3) is 0.700. The number of rotatable bonds is 13. The van der Waals surface area contributed by atoms with Crippen LogP contribution in [0.5, 0.6) is 0 Å². The van der Waals surface area contributed by atoms with Gasteiger partial charge in [0.25, 0.3) is 0 Å². The molecule has 132 valence electrons. The van der Waals surface area contributed by atoms with Gasteiger partial charge in [-0.2, -0.15) is 0 Å². The van der Waals surface area contributed by atoms with Crippen molar-refractivity contribution in [3.8, 4) is 0 Å². The Morgan fingerprint density at radius 1 is 0.783 bits per heavy atom. The Bertz CT molecular complexity index is 420. The van der Waals surface area contributed by atoms with Gasteiger partial charge in [-0.05, 0) is 37.7 Å². The van der Waals surface area contributed by atoms with Crippen LogP contribution in [0.15, 0.2) is 18.2 Å². The summed E-state index contributed by atoms with van der Waals surface area (Å²) in [7, 11) is 2.18. The van der Waals surface area contributed by atoms with Crippen molar-refractivity contribution in [1.82, 2.24) is 4.90 Å². The highest BCUT2D eigenvalue weighted by atomic mass is 35.5. The van der Waals surface area contributed by atoms with E-state index in [1.54, 1.807) is 0 Å². The minimum atomic E-state index is 0.632. The van der Waals surface area contributed by atoms with Crippen LogP contribution in [0.4, 0.5) is 0 Å². The molecule has 0 N–H and O–H groups in total. The van der Waals surface area contributed by atoms with Crippen LogP contribution in [0.2, 0.25) is 10.0 Å². The maximum Gasteiger partial charge on any atom is 0.0595 e. The Labute approximate surface area is 153 Å². The van der Waals surface area contributed by atoms with Crippen molar-refractivity contribution in [3.63, 3.8) is 0 Å². The van der Waals surface area contributed by atoms with E-state index >= 15 is 0 Å². The van der Waals surface area contributed by atoms with Gasteiger partial charge in [0.05, 0.1) is 10.0 Å². The molecule has 0 bridgehead atoms. The zero-order valence-electron chi connectivity index (χ0n) is 14.9. The van der Waals surface area contributed by atoms with E-state index in [0.717, 1.165) is 13.1 Å². The molecule has 0 saturated heterocycles. The van der Waals surface area contributed by atoms with Gasteiger partial charge in [0, 0.05) is 6.54 Å². The van der Waals surface area contributed by atoms with E-state index in [1.165, 1.54) is 69.8 Å². The molecular formula is C20H33Cl2N. The van der Waals surface area contributed by atoms with Crippen molar-refractivity contribution in [2.24, 2.45) is 0 Å². The standard InChI is InChI=1S/C20H33Cl2N/c1-3-4-5-6-7-8-9-10-11-12-15-23(2)17-18-13-14-19(21)20(22)16-18/h13-14,16H,3-12,15,17H2,1-2H3. The number of nitrogens with zero attached hydrogens (tertiary/aromatic N) is 1. The molecule has 1 aromatic carbocycles. The number of unbranched alkanes of at least 4 members (excludes halogenated alkanes) is 9. The number of halogens is 2. The first-order chi connectivity index (χ1) is 11.1. The van der Waals surface area contributed by atoms with Gasteiger partial charge in [-0.25, -0.2) is 0 Å². The van der Waals surface area contributed by atoms with E-state index in [4.69, 9.17) is 23.2 Å². The van der Waals surface area contributed by atoms with Crippen LogP contribution in [-0.2, 0) is 6.54 Å². The van der Waals surface area contributed by atoms with Crippen molar-refractivity contribution >= 4 is 23.2 Å². The van der Waals surface area contributed by atoms with Gasteiger partial charge in [-0.1, -0.05) is 94.0 Å². The molecule has 1 rings (SSSR count). The lowest BCUT2D eigenvalue weighted by Gasteiger charge is -2.17. The zero-order chi connectivity index (χ0) is 16.9. The third kappa shape index (κ3) is 10.3. The minimum Gasteiger partial charge on any atom is -0.302 e. The van der Waals surface area contributed by atoms with Gasteiger partial charge in [0.1, 0.15) is 0 Å². The third-order valence-electron chi connectivity index (χ3n) is 4.33. The van der Waals surface area contributed by atoms with Gasteiger partial charge >= 0.3 is 0 Å². The molecule has 0 saturated carbocycles. The van der Waals surface area contributed by atoms with E-state index in [9.17, 15) is 0 Å². The first-order valence-corrected chi connectivity index (χ1v) is 10.0. The monoisotopic (exact) mass is 357 g/mol. The van der Waals surface area contributed by atoms with Crippen molar-refractivity contribution in [1.29, 1.82) is 0 Å². The van der Waals surface area contributed by atoms with E-state index in [-0.39, 0.29) is 0 Å². The minimum absolute atomic E-state index is 0.632. The lowest BCUT2D eigenvalue weighted by molar-refractivity contribution is 0.316. The van der Waals surface area contributed by atoms with E-state index in [2.05, 4.69) is 24.9 Å². The van der Waals surface area contributed by atoms with Gasteiger partial charge in [-0.15, -0.1) is 0 Å². The second-order valence-corrected chi connectivity index (χ2v) is 7.48. The first-order valence-electron chi connectivity index (χ1n) is 9.26. The zero-order valence-corrected chi connectivity index (χ0v) is 16.4. The van der Waals surface area contributed by atoms with E-state index in [1.807, 2.05) is 12.1 Å². The smallest absolute Gasteiger partial charge is 0.0595 e.